The Labute approximate surface area is 137 Å². The Morgan fingerprint density at radius 2 is 1.75 bits per heavy atom. The monoisotopic (exact) mass is 343 g/mol. The molecular formula is C17H17F4NO2. The zero-order chi connectivity index (χ0) is 18.3. The number of aryl methyl sites for hydroxylation is 1. The van der Waals surface area contributed by atoms with Crippen molar-refractivity contribution in [2.75, 3.05) is 5.32 Å². The molecule has 1 amide bonds. The maximum atomic E-state index is 13.5. The molecule has 3 nitrogen and oxygen atoms in total. The Morgan fingerprint density at radius 3 is 2.29 bits per heavy atom. The summed E-state index contributed by atoms with van der Waals surface area (Å²) in [5, 5.41) is 2.40. The second-order valence-electron chi connectivity index (χ2n) is 4.52. The van der Waals surface area contributed by atoms with Crippen LogP contribution in [-0.2, 0) is 0 Å². The van der Waals surface area contributed by atoms with Gasteiger partial charge < -0.3 is 10.1 Å². The summed E-state index contributed by atoms with van der Waals surface area (Å²) in [4.78, 5) is 11.9. The lowest BCUT2D eigenvalue weighted by molar-refractivity contribution is -0.275. The summed E-state index contributed by atoms with van der Waals surface area (Å²) in [6, 6.07) is 9.37. The van der Waals surface area contributed by atoms with Crippen LogP contribution in [0.5, 0.6) is 5.75 Å². The Bertz CT molecular complexity index is 699. The normalized spacial score (nSPS) is 10.5. The minimum Gasteiger partial charge on any atom is -0.403 e. The highest BCUT2D eigenvalue weighted by atomic mass is 19.4. The first-order valence-electron chi connectivity index (χ1n) is 7.18. The molecular weight excluding hydrogens is 326 g/mol. The number of rotatable bonds is 3. The number of halogens is 4. The van der Waals surface area contributed by atoms with E-state index in [4.69, 9.17) is 0 Å². The molecule has 130 valence electrons. The van der Waals surface area contributed by atoms with Crippen LogP contribution in [0, 0.1) is 12.7 Å². The van der Waals surface area contributed by atoms with Crippen LogP contribution in [0.25, 0.3) is 0 Å². The van der Waals surface area contributed by atoms with Crippen LogP contribution >= 0.6 is 0 Å². The smallest absolute Gasteiger partial charge is 0.403 e. The van der Waals surface area contributed by atoms with Crippen molar-refractivity contribution in [3.63, 3.8) is 0 Å². The summed E-state index contributed by atoms with van der Waals surface area (Å²) in [6.07, 6.45) is -4.98. The first kappa shape index (κ1) is 19.5. The topological polar surface area (TPSA) is 38.3 Å². The molecule has 0 unspecified atom stereocenters. The fraction of sp³-hybridized carbons (Fsp3) is 0.235. The van der Waals surface area contributed by atoms with Crippen molar-refractivity contribution in [3.8, 4) is 5.75 Å². The molecule has 0 radical (unpaired) electrons. The van der Waals surface area contributed by atoms with E-state index in [0.717, 1.165) is 23.8 Å². The third-order valence-corrected chi connectivity index (χ3v) is 2.70. The molecule has 0 aliphatic carbocycles. The van der Waals surface area contributed by atoms with Crippen molar-refractivity contribution in [3.05, 3.63) is 59.4 Å². The van der Waals surface area contributed by atoms with E-state index in [0.29, 0.717) is 5.56 Å². The third-order valence-electron chi connectivity index (χ3n) is 2.70. The van der Waals surface area contributed by atoms with Gasteiger partial charge in [-0.15, -0.1) is 13.2 Å². The average molecular weight is 343 g/mol. The quantitative estimate of drug-likeness (QED) is 0.767. The number of anilines is 1. The van der Waals surface area contributed by atoms with Gasteiger partial charge in [-0.1, -0.05) is 31.5 Å². The third kappa shape index (κ3) is 5.91. The number of ether oxygens (including phenoxy) is 1. The van der Waals surface area contributed by atoms with Crippen LogP contribution < -0.4 is 10.1 Å². The SMILES string of the molecule is CC.Cc1cccc(C(=O)Nc2ccc(OC(F)(F)F)c(F)c2)c1. The molecule has 0 aliphatic rings. The molecule has 2 rings (SSSR count). The van der Waals surface area contributed by atoms with E-state index in [1.54, 1.807) is 31.2 Å². The molecule has 0 saturated heterocycles. The lowest BCUT2D eigenvalue weighted by atomic mass is 10.1. The van der Waals surface area contributed by atoms with E-state index in [1.165, 1.54) is 0 Å². The van der Waals surface area contributed by atoms with Crippen molar-refractivity contribution in [2.24, 2.45) is 0 Å². The number of hydrogen-bond donors (Lipinski definition) is 1. The van der Waals surface area contributed by atoms with Crippen molar-refractivity contribution in [2.45, 2.75) is 27.1 Å². The molecule has 0 heterocycles. The van der Waals surface area contributed by atoms with Gasteiger partial charge in [0, 0.05) is 17.3 Å². The molecule has 1 N–H and O–H groups in total. The van der Waals surface area contributed by atoms with E-state index in [2.05, 4.69) is 10.1 Å². The summed E-state index contributed by atoms with van der Waals surface area (Å²) in [7, 11) is 0. The second-order valence-corrected chi connectivity index (χ2v) is 4.52. The summed E-state index contributed by atoms with van der Waals surface area (Å²) in [6.45, 7) is 5.81. The highest BCUT2D eigenvalue weighted by Crippen LogP contribution is 2.27. The van der Waals surface area contributed by atoms with Crippen LogP contribution in [-0.4, -0.2) is 12.3 Å². The van der Waals surface area contributed by atoms with E-state index >= 15 is 0 Å². The van der Waals surface area contributed by atoms with Gasteiger partial charge >= 0.3 is 6.36 Å². The number of alkyl halides is 3. The Kier molecular flexibility index (Phi) is 6.76. The number of benzene rings is 2. The van der Waals surface area contributed by atoms with Gasteiger partial charge in [0.1, 0.15) is 0 Å². The van der Waals surface area contributed by atoms with Gasteiger partial charge in [-0.2, -0.15) is 0 Å². The van der Waals surface area contributed by atoms with Crippen molar-refractivity contribution in [1.82, 2.24) is 0 Å². The van der Waals surface area contributed by atoms with Gasteiger partial charge in [0.15, 0.2) is 11.6 Å². The lowest BCUT2D eigenvalue weighted by Gasteiger charge is -2.11. The molecule has 0 aromatic heterocycles. The Morgan fingerprint density at radius 1 is 1.08 bits per heavy atom. The van der Waals surface area contributed by atoms with Gasteiger partial charge in [-0.05, 0) is 31.2 Å². The van der Waals surface area contributed by atoms with Gasteiger partial charge in [-0.3, -0.25) is 4.79 Å². The largest absolute Gasteiger partial charge is 0.573 e. The summed E-state index contributed by atoms with van der Waals surface area (Å²) in [5.74, 6) is -2.67. The maximum absolute atomic E-state index is 13.5. The molecule has 2 aromatic rings. The number of nitrogens with one attached hydrogen (secondary N) is 1. The first-order valence-corrected chi connectivity index (χ1v) is 7.18. The van der Waals surface area contributed by atoms with Gasteiger partial charge in [0.05, 0.1) is 0 Å². The van der Waals surface area contributed by atoms with E-state index in [1.807, 2.05) is 13.8 Å². The molecule has 0 spiro atoms. The molecule has 0 aliphatic heterocycles. The predicted octanol–water partition coefficient (Wildman–Crippen LogP) is 5.31. The van der Waals surface area contributed by atoms with Gasteiger partial charge in [-0.25, -0.2) is 4.39 Å². The maximum Gasteiger partial charge on any atom is 0.573 e. The summed E-state index contributed by atoms with van der Waals surface area (Å²) in [5.41, 5.74) is 1.25. The number of carbonyl (C=O) groups is 1. The molecule has 0 atom stereocenters. The molecule has 0 fully saturated rings. The zero-order valence-electron chi connectivity index (χ0n) is 13.4. The predicted molar refractivity (Wildman–Crippen MR) is 83.6 cm³/mol. The highest BCUT2D eigenvalue weighted by molar-refractivity contribution is 6.04. The van der Waals surface area contributed by atoms with E-state index < -0.39 is 23.8 Å². The standard InChI is InChI=1S/C15H11F4NO2.C2H6/c1-9-3-2-4-10(7-9)14(21)20-11-5-6-13(12(16)8-11)22-15(17,18)19;1-2/h2-8H,1H3,(H,20,21);1-2H3. The fourth-order valence-electron chi connectivity index (χ4n) is 1.78. The first-order chi connectivity index (χ1) is 11.2. The molecule has 7 heteroatoms. The molecule has 0 bridgehead atoms. The van der Waals surface area contributed by atoms with E-state index in [-0.39, 0.29) is 5.69 Å². The summed E-state index contributed by atoms with van der Waals surface area (Å²) >= 11 is 0. The fourth-order valence-corrected chi connectivity index (χ4v) is 1.78. The van der Waals surface area contributed by atoms with Crippen molar-refractivity contribution in [1.29, 1.82) is 0 Å². The Hall–Kier alpha value is -2.57. The van der Waals surface area contributed by atoms with Gasteiger partial charge in [0.2, 0.25) is 0 Å². The van der Waals surface area contributed by atoms with Crippen LogP contribution in [0.4, 0.5) is 23.2 Å². The summed E-state index contributed by atoms with van der Waals surface area (Å²) < 4.78 is 53.1. The second kappa shape index (κ2) is 8.33. The molecule has 0 saturated carbocycles. The van der Waals surface area contributed by atoms with E-state index in [9.17, 15) is 22.4 Å². The highest BCUT2D eigenvalue weighted by Gasteiger charge is 2.32. The van der Waals surface area contributed by atoms with Crippen molar-refractivity contribution < 1.29 is 27.1 Å². The minimum atomic E-state index is -4.98. The number of hydrogen-bond acceptors (Lipinski definition) is 2. The average Bonchev–Trinajstić information content (AvgIpc) is 2.51. The van der Waals surface area contributed by atoms with Crippen LogP contribution in [0.3, 0.4) is 0 Å². The molecule has 24 heavy (non-hydrogen) atoms. The van der Waals surface area contributed by atoms with Gasteiger partial charge in [0.25, 0.3) is 5.91 Å². The van der Waals surface area contributed by atoms with Crippen LogP contribution in [0.2, 0.25) is 0 Å². The van der Waals surface area contributed by atoms with Crippen LogP contribution in [0.15, 0.2) is 42.5 Å². The zero-order valence-corrected chi connectivity index (χ0v) is 13.4. The number of amides is 1. The Balaban J connectivity index is 0.00000139. The number of carbonyl (C=O) groups excluding carboxylic acids is 1. The minimum absolute atomic E-state index is 0.0264. The molecule has 2 aromatic carbocycles. The lowest BCUT2D eigenvalue weighted by Crippen LogP contribution is -2.18. The van der Waals surface area contributed by atoms with Crippen molar-refractivity contribution >= 4 is 11.6 Å². The van der Waals surface area contributed by atoms with Crippen LogP contribution in [0.1, 0.15) is 29.8 Å².